The maximum absolute atomic E-state index is 12.9. The molecule has 1 atom stereocenters. The molecule has 2 aliphatic heterocycles. The van der Waals surface area contributed by atoms with Gasteiger partial charge in [0.15, 0.2) is 0 Å². The number of hydrogen-bond donors (Lipinski definition) is 2. The third kappa shape index (κ3) is 3.86. The molecular formula is C20H22F3N5O. The molecule has 1 fully saturated rings. The van der Waals surface area contributed by atoms with Crippen molar-refractivity contribution in [3.05, 3.63) is 41.0 Å². The van der Waals surface area contributed by atoms with Crippen LogP contribution < -0.4 is 16.0 Å². The largest absolute Gasteiger partial charge is 0.416 e. The van der Waals surface area contributed by atoms with Crippen molar-refractivity contribution in [1.82, 2.24) is 9.97 Å². The maximum atomic E-state index is 12.9. The molecule has 2 aliphatic rings. The van der Waals surface area contributed by atoms with Crippen molar-refractivity contribution in [1.29, 1.82) is 0 Å². The number of nitrogen functional groups attached to an aromatic ring is 1. The van der Waals surface area contributed by atoms with Crippen molar-refractivity contribution in [2.45, 2.75) is 38.3 Å². The number of amides is 1. The fraction of sp³-hybridized carbons (Fsp3) is 0.450. The minimum absolute atomic E-state index is 0.0759. The van der Waals surface area contributed by atoms with Gasteiger partial charge in [-0.1, -0.05) is 19.1 Å². The first-order valence-electron chi connectivity index (χ1n) is 9.61. The summed E-state index contributed by atoms with van der Waals surface area (Å²) < 4.78 is 38.6. The summed E-state index contributed by atoms with van der Waals surface area (Å²) in [6.07, 6.45) is -2.28. The Morgan fingerprint density at radius 3 is 2.41 bits per heavy atom. The molecule has 1 aromatic heterocycles. The van der Waals surface area contributed by atoms with Crippen LogP contribution in [0.2, 0.25) is 0 Å². The summed E-state index contributed by atoms with van der Waals surface area (Å²) in [5, 5.41) is 2.75. The normalized spacial score (nSPS) is 20.3. The Bertz CT molecular complexity index is 921. The molecular weight excluding hydrogens is 383 g/mol. The number of piperidine rings is 1. The number of alkyl halides is 3. The number of hydrogen-bond acceptors (Lipinski definition) is 5. The summed E-state index contributed by atoms with van der Waals surface area (Å²) in [7, 11) is 0. The van der Waals surface area contributed by atoms with E-state index in [9.17, 15) is 18.0 Å². The number of anilines is 3. The van der Waals surface area contributed by atoms with E-state index in [1.165, 1.54) is 12.1 Å². The lowest BCUT2D eigenvalue weighted by molar-refractivity contribution is -0.137. The van der Waals surface area contributed by atoms with Gasteiger partial charge in [0, 0.05) is 31.0 Å². The highest BCUT2D eigenvalue weighted by atomic mass is 19.4. The van der Waals surface area contributed by atoms with Crippen molar-refractivity contribution < 1.29 is 18.0 Å². The third-order valence-electron chi connectivity index (χ3n) is 5.67. The van der Waals surface area contributed by atoms with Crippen LogP contribution >= 0.6 is 0 Å². The van der Waals surface area contributed by atoms with Gasteiger partial charge in [0.05, 0.1) is 5.56 Å². The van der Waals surface area contributed by atoms with E-state index >= 15 is 0 Å². The molecule has 1 unspecified atom stereocenters. The highest BCUT2D eigenvalue weighted by Crippen LogP contribution is 2.41. The summed E-state index contributed by atoms with van der Waals surface area (Å²) in [5.41, 5.74) is 6.63. The zero-order valence-corrected chi connectivity index (χ0v) is 16.0. The summed E-state index contributed by atoms with van der Waals surface area (Å²) in [5.74, 6) is 0.961. The van der Waals surface area contributed by atoms with Crippen molar-refractivity contribution in [2.75, 3.05) is 29.0 Å². The van der Waals surface area contributed by atoms with Crippen LogP contribution in [0.1, 0.15) is 48.8 Å². The van der Waals surface area contributed by atoms with E-state index in [1.54, 1.807) is 0 Å². The molecule has 0 bridgehead atoms. The highest BCUT2D eigenvalue weighted by Gasteiger charge is 2.34. The lowest BCUT2D eigenvalue weighted by Crippen LogP contribution is -2.35. The number of rotatable bonds is 2. The summed E-state index contributed by atoms with van der Waals surface area (Å²) in [6, 6.07) is 4.80. The fourth-order valence-corrected chi connectivity index (χ4v) is 3.92. The van der Waals surface area contributed by atoms with Gasteiger partial charge in [0.1, 0.15) is 11.6 Å². The molecule has 0 saturated carbocycles. The molecule has 3 N–H and O–H groups in total. The molecule has 0 radical (unpaired) electrons. The van der Waals surface area contributed by atoms with Gasteiger partial charge in [-0.05, 0) is 36.5 Å². The predicted octanol–water partition coefficient (Wildman–Crippen LogP) is 3.79. The molecule has 0 spiro atoms. The molecule has 1 amide bonds. The Morgan fingerprint density at radius 2 is 1.79 bits per heavy atom. The van der Waals surface area contributed by atoms with Gasteiger partial charge in [0.2, 0.25) is 11.9 Å². The first-order valence-corrected chi connectivity index (χ1v) is 9.61. The Morgan fingerprint density at radius 1 is 1.14 bits per heavy atom. The first-order chi connectivity index (χ1) is 13.7. The second-order valence-corrected chi connectivity index (χ2v) is 7.77. The van der Waals surface area contributed by atoms with Crippen LogP contribution in [0.4, 0.5) is 30.8 Å². The number of nitrogens with two attached hydrogens (primary N) is 1. The van der Waals surface area contributed by atoms with Crippen LogP contribution in [0.15, 0.2) is 24.3 Å². The number of nitrogens with zero attached hydrogens (tertiary/aromatic N) is 3. The molecule has 4 rings (SSSR count). The SMILES string of the molecule is CC1CCN(c2nc(N)c3c(n2)NC(=O)CC3c2ccc(C(F)(F)F)cc2)CC1. The summed E-state index contributed by atoms with van der Waals surface area (Å²) in [6.45, 7) is 3.83. The number of carbonyl (C=O) groups excluding carboxylic acids is 1. The smallest absolute Gasteiger partial charge is 0.383 e. The molecule has 154 valence electrons. The summed E-state index contributed by atoms with van der Waals surface area (Å²) >= 11 is 0. The summed E-state index contributed by atoms with van der Waals surface area (Å²) in [4.78, 5) is 23.3. The van der Waals surface area contributed by atoms with Gasteiger partial charge < -0.3 is 16.0 Å². The molecule has 1 saturated heterocycles. The first kappa shape index (κ1) is 19.5. The fourth-order valence-electron chi connectivity index (χ4n) is 3.92. The van der Waals surface area contributed by atoms with Gasteiger partial charge >= 0.3 is 6.18 Å². The Labute approximate surface area is 166 Å². The van der Waals surface area contributed by atoms with Crippen LogP contribution in [-0.2, 0) is 11.0 Å². The average Bonchev–Trinajstić information content (AvgIpc) is 2.67. The Hall–Kier alpha value is -2.84. The van der Waals surface area contributed by atoms with E-state index in [-0.39, 0.29) is 18.1 Å². The Kier molecular flexibility index (Phi) is 4.84. The molecule has 6 nitrogen and oxygen atoms in total. The number of fused-ring (bicyclic) bond motifs is 1. The van der Waals surface area contributed by atoms with E-state index in [2.05, 4.69) is 22.2 Å². The monoisotopic (exact) mass is 405 g/mol. The van der Waals surface area contributed by atoms with Crippen LogP contribution in [0.3, 0.4) is 0 Å². The van der Waals surface area contributed by atoms with Crippen molar-refractivity contribution in [3.63, 3.8) is 0 Å². The zero-order chi connectivity index (χ0) is 20.8. The average molecular weight is 405 g/mol. The van der Waals surface area contributed by atoms with Gasteiger partial charge in [-0.2, -0.15) is 23.1 Å². The van der Waals surface area contributed by atoms with Crippen molar-refractivity contribution >= 4 is 23.5 Å². The minimum atomic E-state index is -4.41. The molecule has 9 heteroatoms. The highest BCUT2D eigenvalue weighted by molar-refractivity contribution is 5.95. The third-order valence-corrected chi connectivity index (χ3v) is 5.67. The second-order valence-electron chi connectivity index (χ2n) is 7.77. The number of aromatic nitrogens is 2. The van der Waals surface area contributed by atoms with E-state index in [1.807, 2.05) is 4.90 Å². The van der Waals surface area contributed by atoms with Crippen LogP contribution in [0, 0.1) is 5.92 Å². The van der Waals surface area contributed by atoms with Crippen LogP contribution in [0.5, 0.6) is 0 Å². The minimum Gasteiger partial charge on any atom is -0.383 e. The molecule has 3 heterocycles. The molecule has 29 heavy (non-hydrogen) atoms. The maximum Gasteiger partial charge on any atom is 0.416 e. The van der Waals surface area contributed by atoms with E-state index in [0.717, 1.165) is 38.1 Å². The van der Waals surface area contributed by atoms with E-state index in [0.29, 0.717) is 28.8 Å². The zero-order valence-electron chi connectivity index (χ0n) is 16.0. The quantitative estimate of drug-likeness (QED) is 0.794. The number of carbonyl (C=O) groups is 1. The predicted molar refractivity (Wildman–Crippen MR) is 104 cm³/mol. The lowest BCUT2D eigenvalue weighted by Gasteiger charge is -2.32. The standard InChI is InChI=1S/C20H22F3N5O/c1-11-6-8-28(9-7-11)19-26-17(24)16-14(10-15(29)25-18(16)27-19)12-2-4-13(5-3-12)20(21,22)23/h2-5,11,14H,6-10H2,1H3,(H3,24,25,26,27,29). The van der Waals surface area contributed by atoms with Gasteiger partial charge in [-0.15, -0.1) is 0 Å². The van der Waals surface area contributed by atoms with E-state index in [4.69, 9.17) is 5.73 Å². The van der Waals surface area contributed by atoms with Crippen molar-refractivity contribution in [2.24, 2.45) is 5.92 Å². The van der Waals surface area contributed by atoms with Crippen LogP contribution in [0.25, 0.3) is 0 Å². The lowest BCUT2D eigenvalue weighted by atomic mass is 9.86. The molecule has 0 aliphatic carbocycles. The number of halogens is 3. The van der Waals surface area contributed by atoms with Gasteiger partial charge in [-0.3, -0.25) is 4.79 Å². The second kappa shape index (κ2) is 7.20. The van der Waals surface area contributed by atoms with Crippen LogP contribution in [-0.4, -0.2) is 29.0 Å². The van der Waals surface area contributed by atoms with Crippen molar-refractivity contribution in [3.8, 4) is 0 Å². The van der Waals surface area contributed by atoms with E-state index < -0.39 is 17.7 Å². The van der Waals surface area contributed by atoms with Gasteiger partial charge in [-0.25, -0.2) is 0 Å². The molecule has 1 aromatic carbocycles. The topological polar surface area (TPSA) is 84.1 Å². The molecule has 2 aromatic rings. The Balaban J connectivity index is 1.69. The number of nitrogens with one attached hydrogen (secondary N) is 1. The van der Waals surface area contributed by atoms with Gasteiger partial charge in [0.25, 0.3) is 0 Å². The number of benzene rings is 1.